The summed E-state index contributed by atoms with van der Waals surface area (Å²) in [7, 11) is 0. The van der Waals surface area contributed by atoms with Crippen LogP contribution < -0.4 is 0 Å². The molecule has 1 saturated heterocycles. The zero-order valence-electron chi connectivity index (χ0n) is 8.88. The van der Waals surface area contributed by atoms with Crippen LogP contribution in [0.15, 0.2) is 12.5 Å². The molecule has 1 aromatic heterocycles. The lowest BCUT2D eigenvalue weighted by Crippen LogP contribution is -2.30. The highest BCUT2D eigenvalue weighted by atomic mass is 16.4. The second kappa shape index (κ2) is 3.96. The molecule has 0 spiro atoms. The van der Waals surface area contributed by atoms with Crippen LogP contribution >= 0.6 is 0 Å². The molecule has 86 valence electrons. The van der Waals surface area contributed by atoms with Gasteiger partial charge in [0, 0.05) is 13.1 Å². The van der Waals surface area contributed by atoms with Crippen molar-refractivity contribution in [3.05, 3.63) is 18.2 Å². The second-order valence-corrected chi connectivity index (χ2v) is 4.10. The van der Waals surface area contributed by atoms with Gasteiger partial charge in [-0.3, -0.25) is 9.59 Å². The van der Waals surface area contributed by atoms with Gasteiger partial charge in [-0.15, -0.1) is 0 Å². The number of carbonyl (C=O) groups excluding carboxylic acids is 1. The van der Waals surface area contributed by atoms with Crippen molar-refractivity contribution in [2.24, 2.45) is 11.8 Å². The summed E-state index contributed by atoms with van der Waals surface area (Å²) in [6.07, 6.45) is 2.88. The van der Waals surface area contributed by atoms with Gasteiger partial charge in [0.25, 0.3) is 5.91 Å². The number of rotatable bonds is 2. The van der Waals surface area contributed by atoms with Crippen molar-refractivity contribution in [3.8, 4) is 0 Å². The highest BCUT2D eigenvalue weighted by Gasteiger charge is 2.37. The third-order valence-electron chi connectivity index (χ3n) is 2.95. The van der Waals surface area contributed by atoms with Gasteiger partial charge in [-0.1, -0.05) is 6.92 Å². The van der Waals surface area contributed by atoms with E-state index in [0.29, 0.717) is 12.2 Å². The lowest BCUT2D eigenvalue weighted by molar-refractivity contribution is -0.142. The number of aliphatic carboxylic acids is 1. The topological polar surface area (TPSA) is 86.3 Å². The number of amides is 1. The number of carboxylic acid groups (broad SMARTS) is 1. The molecule has 1 aliphatic heterocycles. The van der Waals surface area contributed by atoms with Gasteiger partial charge in [0.2, 0.25) is 0 Å². The lowest BCUT2D eigenvalue weighted by atomic mass is 9.99. The maximum Gasteiger partial charge on any atom is 0.308 e. The molecule has 0 bridgehead atoms. The van der Waals surface area contributed by atoms with Crippen molar-refractivity contribution in [1.29, 1.82) is 0 Å². The molecule has 0 aliphatic carbocycles. The molecule has 1 fully saturated rings. The quantitative estimate of drug-likeness (QED) is 0.750. The van der Waals surface area contributed by atoms with E-state index >= 15 is 0 Å². The van der Waals surface area contributed by atoms with E-state index in [1.54, 1.807) is 4.90 Å². The monoisotopic (exact) mass is 223 g/mol. The molecular weight excluding hydrogens is 210 g/mol. The summed E-state index contributed by atoms with van der Waals surface area (Å²) in [5.41, 5.74) is 0.401. The molecule has 0 saturated carbocycles. The molecule has 6 heteroatoms. The number of nitrogens with zero attached hydrogens (tertiary/aromatic N) is 2. The first kappa shape index (κ1) is 10.7. The van der Waals surface area contributed by atoms with E-state index in [9.17, 15) is 9.59 Å². The highest BCUT2D eigenvalue weighted by Crippen LogP contribution is 2.24. The Bertz CT molecular complexity index is 401. The smallest absolute Gasteiger partial charge is 0.308 e. The zero-order valence-corrected chi connectivity index (χ0v) is 8.88. The molecule has 16 heavy (non-hydrogen) atoms. The standard InChI is InChI=1S/C10H13N3O3/c1-6-3-13(4-7(6)10(15)16)9(14)8-2-11-5-12-8/h2,5-7H,3-4H2,1H3,(H,11,12)(H,15,16)/t6-,7-/m1/s1. The predicted octanol–water partition coefficient (Wildman–Crippen LogP) is 0.202. The Hall–Kier alpha value is -1.85. The molecule has 1 amide bonds. The molecule has 0 aromatic carbocycles. The molecule has 2 atom stereocenters. The van der Waals surface area contributed by atoms with Crippen LogP contribution in [0.2, 0.25) is 0 Å². The van der Waals surface area contributed by atoms with E-state index in [4.69, 9.17) is 5.11 Å². The zero-order chi connectivity index (χ0) is 11.7. The van der Waals surface area contributed by atoms with Crippen LogP contribution in [-0.4, -0.2) is 44.9 Å². The summed E-state index contributed by atoms with van der Waals surface area (Å²) < 4.78 is 0. The van der Waals surface area contributed by atoms with Gasteiger partial charge in [-0.25, -0.2) is 4.98 Å². The number of hydrogen-bond acceptors (Lipinski definition) is 3. The molecule has 6 nitrogen and oxygen atoms in total. The summed E-state index contributed by atoms with van der Waals surface area (Å²) in [5.74, 6) is -1.50. The van der Waals surface area contributed by atoms with Gasteiger partial charge < -0.3 is 15.0 Å². The Kier molecular flexibility index (Phi) is 2.64. The fourth-order valence-corrected chi connectivity index (χ4v) is 2.00. The van der Waals surface area contributed by atoms with Crippen LogP contribution in [0.4, 0.5) is 0 Å². The number of nitrogens with one attached hydrogen (secondary N) is 1. The minimum Gasteiger partial charge on any atom is -0.481 e. The van der Waals surface area contributed by atoms with Gasteiger partial charge in [0.1, 0.15) is 5.69 Å². The number of likely N-dealkylation sites (tertiary alicyclic amines) is 1. The minimum atomic E-state index is -0.840. The van der Waals surface area contributed by atoms with Crippen LogP contribution in [-0.2, 0) is 4.79 Å². The second-order valence-electron chi connectivity index (χ2n) is 4.10. The molecule has 2 rings (SSSR count). The van der Waals surface area contributed by atoms with Crippen LogP contribution in [0, 0.1) is 11.8 Å². The van der Waals surface area contributed by atoms with Gasteiger partial charge in [-0.2, -0.15) is 0 Å². The largest absolute Gasteiger partial charge is 0.481 e. The SMILES string of the molecule is C[C@@H]1CN(C(=O)c2cnc[nH]2)C[C@H]1C(=O)O. The Labute approximate surface area is 92.3 Å². The highest BCUT2D eigenvalue weighted by molar-refractivity contribution is 5.92. The number of carbonyl (C=O) groups is 2. The van der Waals surface area contributed by atoms with Crippen molar-refractivity contribution in [3.63, 3.8) is 0 Å². The fraction of sp³-hybridized carbons (Fsp3) is 0.500. The number of imidazole rings is 1. The van der Waals surface area contributed by atoms with Crippen molar-refractivity contribution in [2.75, 3.05) is 13.1 Å². The summed E-state index contributed by atoms with van der Waals surface area (Å²) in [4.78, 5) is 30.8. The average molecular weight is 223 g/mol. The number of aromatic amines is 1. The van der Waals surface area contributed by atoms with Crippen molar-refractivity contribution in [1.82, 2.24) is 14.9 Å². The van der Waals surface area contributed by atoms with Crippen LogP contribution in [0.5, 0.6) is 0 Å². The van der Waals surface area contributed by atoms with Gasteiger partial charge in [0.15, 0.2) is 0 Å². The molecule has 0 unspecified atom stereocenters. The predicted molar refractivity (Wildman–Crippen MR) is 54.8 cm³/mol. The van der Waals surface area contributed by atoms with E-state index < -0.39 is 11.9 Å². The summed E-state index contributed by atoms with van der Waals surface area (Å²) >= 11 is 0. The van der Waals surface area contributed by atoms with Crippen LogP contribution in [0.3, 0.4) is 0 Å². The Balaban J connectivity index is 2.09. The Morgan fingerprint density at radius 2 is 2.31 bits per heavy atom. The van der Waals surface area contributed by atoms with Crippen molar-refractivity contribution >= 4 is 11.9 Å². The third-order valence-corrected chi connectivity index (χ3v) is 2.95. The van der Waals surface area contributed by atoms with E-state index in [1.165, 1.54) is 12.5 Å². The summed E-state index contributed by atoms with van der Waals surface area (Å²) in [5, 5.41) is 8.96. The van der Waals surface area contributed by atoms with Gasteiger partial charge in [-0.05, 0) is 5.92 Å². The fourth-order valence-electron chi connectivity index (χ4n) is 2.00. The first-order valence-corrected chi connectivity index (χ1v) is 5.10. The van der Waals surface area contributed by atoms with Crippen LogP contribution in [0.1, 0.15) is 17.4 Å². The molecule has 1 aromatic rings. The molecule has 2 heterocycles. The van der Waals surface area contributed by atoms with E-state index in [-0.39, 0.29) is 18.4 Å². The molecule has 2 N–H and O–H groups in total. The van der Waals surface area contributed by atoms with Crippen molar-refractivity contribution in [2.45, 2.75) is 6.92 Å². The Morgan fingerprint density at radius 1 is 1.56 bits per heavy atom. The number of aromatic nitrogens is 2. The number of carboxylic acids is 1. The maximum absolute atomic E-state index is 11.9. The maximum atomic E-state index is 11.9. The third kappa shape index (κ3) is 1.78. The van der Waals surface area contributed by atoms with Crippen LogP contribution in [0.25, 0.3) is 0 Å². The summed E-state index contributed by atoms with van der Waals surface area (Å²) in [6.45, 7) is 2.60. The first-order valence-electron chi connectivity index (χ1n) is 5.10. The Morgan fingerprint density at radius 3 is 2.81 bits per heavy atom. The van der Waals surface area contributed by atoms with Crippen molar-refractivity contribution < 1.29 is 14.7 Å². The number of H-pyrrole nitrogens is 1. The minimum absolute atomic E-state index is 0.00984. The van der Waals surface area contributed by atoms with Gasteiger partial charge in [0.05, 0.1) is 18.4 Å². The van der Waals surface area contributed by atoms with Gasteiger partial charge >= 0.3 is 5.97 Å². The lowest BCUT2D eigenvalue weighted by Gasteiger charge is -2.14. The van der Waals surface area contributed by atoms with E-state index in [2.05, 4.69) is 9.97 Å². The number of hydrogen-bond donors (Lipinski definition) is 2. The normalized spacial score (nSPS) is 24.7. The molecule has 0 radical (unpaired) electrons. The van der Waals surface area contributed by atoms with E-state index in [1.807, 2.05) is 6.92 Å². The van der Waals surface area contributed by atoms with E-state index in [0.717, 1.165) is 0 Å². The molecule has 1 aliphatic rings. The molecular formula is C10H13N3O3. The first-order chi connectivity index (χ1) is 7.59. The summed E-state index contributed by atoms with van der Waals surface area (Å²) in [6, 6.07) is 0. The average Bonchev–Trinajstić information content (AvgIpc) is 2.84.